The van der Waals surface area contributed by atoms with Crippen molar-refractivity contribution in [3.63, 3.8) is 0 Å². The number of aryl methyl sites for hydroxylation is 1. The van der Waals surface area contributed by atoms with Crippen molar-refractivity contribution in [3.8, 4) is 0 Å². The molecule has 1 aromatic carbocycles. The molecule has 1 aliphatic rings. The number of amides is 1. The van der Waals surface area contributed by atoms with Crippen LogP contribution < -0.4 is 0 Å². The van der Waals surface area contributed by atoms with E-state index in [2.05, 4.69) is 23.0 Å². The van der Waals surface area contributed by atoms with E-state index in [0.29, 0.717) is 18.0 Å². The predicted molar refractivity (Wildman–Crippen MR) is 95.8 cm³/mol. The van der Waals surface area contributed by atoms with E-state index >= 15 is 0 Å². The number of rotatable bonds is 4. The summed E-state index contributed by atoms with van der Waals surface area (Å²) in [7, 11) is 3.90. The second-order valence-corrected chi connectivity index (χ2v) is 6.91. The lowest BCUT2D eigenvalue weighted by molar-refractivity contribution is 0.0759. The molecule has 5 heteroatoms. The summed E-state index contributed by atoms with van der Waals surface area (Å²) in [5.74, 6) is -0.176. The fourth-order valence-corrected chi connectivity index (χ4v) is 3.76. The van der Waals surface area contributed by atoms with Gasteiger partial charge < -0.3 is 4.90 Å². The quantitative estimate of drug-likeness (QED) is 0.856. The zero-order valence-electron chi connectivity index (χ0n) is 14.9. The Morgan fingerprint density at radius 2 is 2.20 bits per heavy atom. The van der Waals surface area contributed by atoms with E-state index < -0.39 is 0 Å². The SMILES string of the molecule is Cc1ccc(F)cc1C(=O)N(C)C[C@@H]1CCN(C)[C@H]1c1cccnc1. The molecule has 1 aliphatic heterocycles. The first-order valence-electron chi connectivity index (χ1n) is 8.59. The minimum absolute atomic E-state index is 0.128. The Labute approximate surface area is 148 Å². The Morgan fingerprint density at radius 3 is 2.92 bits per heavy atom. The number of halogens is 1. The number of likely N-dealkylation sites (tertiary alicyclic amines) is 1. The van der Waals surface area contributed by atoms with Crippen LogP contribution in [0.25, 0.3) is 0 Å². The van der Waals surface area contributed by atoms with Gasteiger partial charge >= 0.3 is 0 Å². The van der Waals surface area contributed by atoms with Crippen LogP contribution in [0.1, 0.15) is 33.9 Å². The summed E-state index contributed by atoms with van der Waals surface area (Å²) in [4.78, 5) is 21.0. The number of benzene rings is 1. The van der Waals surface area contributed by atoms with Crippen LogP contribution >= 0.6 is 0 Å². The fourth-order valence-electron chi connectivity index (χ4n) is 3.76. The Morgan fingerprint density at radius 1 is 1.40 bits per heavy atom. The highest BCUT2D eigenvalue weighted by molar-refractivity contribution is 5.95. The lowest BCUT2D eigenvalue weighted by Crippen LogP contribution is -2.34. The molecule has 1 saturated heterocycles. The van der Waals surface area contributed by atoms with Crippen molar-refractivity contribution < 1.29 is 9.18 Å². The number of hydrogen-bond acceptors (Lipinski definition) is 3. The molecule has 25 heavy (non-hydrogen) atoms. The molecular weight excluding hydrogens is 317 g/mol. The number of nitrogens with zero attached hydrogens (tertiary/aromatic N) is 3. The largest absolute Gasteiger partial charge is 0.341 e. The average Bonchev–Trinajstić information content (AvgIpc) is 2.97. The first kappa shape index (κ1) is 17.5. The number of hydrogen-bond donors (Lipinski definition) is 0. The van der Waals surface area contributed by atoms with Gasteiger partial charge in [-0.1, -0.05) is 12.1 Å². The highest BCUT2D eigenvalue weighted by Gasteiger charge is 2.34. The van der Waals surface area contributed by atoms with Crippen molar-refractivity contribution in [2.24, 2.45) is 5.92 Å². The van der Waals surface area contributed by atoms with E-state index in [1.165, 1.54) is 17.7 Å². The van der Waals surface area contributed by atoms with E-state index in [-0.39, 0.29) is 17.8 Å². The first-order valence-corrected chi connectivity index (χ1v) is 8.59. The van der Waals surface area contributed by atoms with Crippen molar-refractivity contribution in [3.05, 3.63) is 65.2 Å². The molecule has 0 bridgehead atoms. The highest BCUT2D eigenvalue weighted by Crippen LogP contribution is 2.36. The van der Waals surface area contributed by atoms with Crippen LogP contribution in [0.15, 0.2) is 42.7 Å². The summed E-state index contributed by atoms with van der Waals surface area (Å²) in [6.45, 7) is 3.46. The second kappa shape index (κ2) is 7.31. The second-order valence-electron chi connectivity index (χ2n) is 6.91. The van der Waals surface area contributed by atoms with Crippen LogP contribution in [-0.4, -0.2) is 47.9 Å². The lowest BCUT2D eigenvalue weighted by atomic mass is 9.94. The summed E-state index contributed by atoms with van der Waals surface area (Å²) >= 11 is 0. The zero-order chi connectivity index (χ0) is 18.0. The maximum atomic E-state index is 13.5. The number of carbonyl (C=O) groups is 1. The standard InChI is InChI=1S/C20H24FN3O/c1-14-6-7-17(21)11-18(14)20(25)24(3)13-16-8-10-23(2)19(16)15-5-4-9-22-12-15/h4-7,9,11-12,16,19H,8,10,13H2,1-3H3/t16-,19-/m0/s1. The summed E-state index contributed by atoms with van der Waals surface area (Å²) in [6.07, 6.45) is 4.70. The molecule has 0 radical (unpaired) electrons. The van der Waals surface area contributed by atoms with Gasteiger partial charge in [-0.15, -0.1) is 0 Å². The predicted octanol–water partition coefficient (Wildman–Crippen LogP) is 3.29. The maximum Gasteiger partial charge on any atom is 0.253 e. The summed E-state index contributed by atoms with van der Waals surface area (Å²) < 4.78 is 13.5. The van der Waals surface area contributed by atoms with Gasteiger partial charge in [0, 0.05) is 37.6 Å². The van der Waals surface area contributed by atoms with E-state index in [0.717, 1.165) is 18.5 Å². The average molecular weight is 341 g/mol. The van der Waals surface area contributed by atoms with Crippen LogP contribution in [0.3, 0.4) is 0 Å². The molecule has 1 aromatic heterocycles. The molecule has 0 aliphatic carbocycles. The van der Waals surface area contributed by atoms with Gasteiger partial charge in [-0.25, -0.2) is 4.39 Å². The van der Waals surface area contributed by atoms with Crippen molar-refractivity contribution in [1.82, 2.24) is 14.8 Å². The Bertz CT molecular complexity index is 750. The monoisotopic (exact) mass is 341 g/mol. The first-order chi connectivity index (χ1) is 12.0. The summed E-state index contributed by atoms with van der Waals surface area (Å²) in [5, 5.41) is 0. The molecule has 132 valence electrons. The van der Waals surface area contributed by atoms with Gasteiger partial charge in [-0.3, -0.25) is 14.7 Å². The van der Waals surface area contributed by atoms with Crippen LogP contribution in [0.2, 0.25) is 0 Å². The van der Waals surface area contributed by atoms with E-state index in [4.69, 9.17) is 0 Å². The van der Waals surface area contributed by atoms with Crippen LogP contribution in [0.4, 0.5) is 4.39 Å². The van der Waals surface area contributed by atoms with Crippen molar-refractivity contribution in [2.75, 3.05) is 27.2 Å². The topological polar surface area (TPSA) is 36.4 Å². The molecule has 4 nitrogen and oxygen atoms in total. The van der Waals surface area contributed by atoms with Crippen molar-refractivity contribution >= 4 is 5.91 Å². The van der Waals surface area contributed by atoms with E-state index in [1.54, 1.807) is 24.2 Å². The molecule has 2 aromatic rings. The molecule has 1 fully saturated rings. The van der Waals surface area contributed by atoms with Crippen LogP contribution in [-0.2, 0) is 0 Å². The lowest BCUT2D eigenvalue weighted by Gasteiger charge is -2.29. The number of carbonyl (C=O) groups excluding carboxylic acids is 1. The number of pyridine rings is 1. The third kappa shape index (κ3) is 3.71. The Kier molecular flexibility index (Phi) is 5.13. The molecule has 0 unspecified atom stereocenters. The minimum atomic E-state index is -0.379. The smallest absolute Gasteiger partial charge is 0.253 e. The molecule has 0 N–H and O–H groups in total. The summed E-state index contributed by atoms with van der Waals surface area (Å²) in [6, 6.07) is 8.65. The Hall–Kier alpha value is -2.27. The normalized spacial score (nSPS) is 20.6. The maximum absolute atomic E-state index is 13.5. The molecule has 1 amide bonds. The molecule has 0 spiro atoms. The zero-order valence-corrected chi connectivity index (χ0v) is 14.9. The van der Waals surface area contributed by atoms with Gasteiger partial charge in [0.25, 0.3) is 5.91 Å². The van der Waals surface area contributed by atoms with Gasteiger partial charge in [0.05, 0.1) is 0 Å². The third-order valence-corrected chi connectivity index (χ3v) is 5.09. The molecule has 2 atom stereocenters. The van der Waals surface area contributed by atoms with Crippen molar-refractivity contribution in [2.45, 2.75) is 19.4 Å². The van der Waals surface area contributed by atoms with Gasteiger partial charge in [-0.05, 0) is 62.2 Å². The van der Waals surface area contributed by atoms with Gasteiger partial charge in [0.1, 0.15) is 5.82 Å². The minimum Gasteiger partial charge on any atom is -0.341 e. The molecule has 2 heterocycles. The van der Waals surface area contributed by atoms with Crippen molar-refractivity contribution in [1.29, 1.82) is 0 Å². The molecular formula is C20H24FN3O. The summed E-state index contributed by atoms with van der Waals surface area (Å²) in [5.41, 5.74) is 2.41. The number of aromatic nitrogens is 1. The van der Waals surface area contributed by atoms with Gasteiger partial charge in [0.2, 0.25) is 0 Å². The van der Waals surface area contributed by atoms with Gasteiger partial charge in [0.15, 0.2) is 0 Å². The third-order valence-electron chi connectivity index (χ3n) is 5.09. The van der Waals surface area contributed by atoms with E-state index in [9.17, 15) is 9.18 Å². The van der Waals surface area contributed by atoms with Crippen LogP contribution in [0, 0.1) is 18.7 Å². The molecule has 3 rings (SSSR count). The molecule has 0 saturated carbocycles. The Balaban J connectivity index is 1.76. The van der Waals surface area contributed by atoms with Crippen LogP contribution in [0.5, 0.6) is 0 Å². The van der Waals surface area contributed by atoms with Gasteiger partial charge in [-0.2, -0.15) is 0 Å². The fraction of sp³-hybridized carbons (Fsp3) is 0.400. The van der Waals surface area contributed by atoms with E-state index in [1.807, 2.05) is 19.2 Å². The highest BCUT2D eigenvalue weighted by atomic mass is 19.1.